The molecule has 248 valence electrons. The van der Waals surface area contributed by atoms with Crippen LogP contribution in [0.3, 0.4) is 0 Å². The van der Waals surface area contributed by atoms with Crippen LogP contribution in [0, 0.1) is 63.6 Å². The molecule has 0 aromatic heterocycles. The number of hydrogen-bond donors (Lipinski definition) is 3. The largest absolute Gasteiger partial charge is 0.462 e. The van der Waals surface area contributed by atoms with Crippen molar-refractivity contribution in [1.82, 2.24) is 0 Å². The Kier molecular flexibility index (Phi) is 6.52. The van der Waals surface area contributed by atoms with Gasteiger partial charge in [0.05, 0.1) is 23.7 Å². The summed E-state index contributed by atoms with van der Waals surface area (Å²) in [7, 11) is 0. The van der Waals surface area contributed by atoms with E-state index in [4.69, 9.17) is 18.9 Å². The molecule has 0 aromatic carbocycles. The number of aliphatic hydroxyl groups is 3. The number of esters is 3. The molecule has 2 aliphatic heterocycles. The van der Waals surface area contributed by atoms with Gasteiger partial charge in [-0.2, -0.15) is 0 Å². The van der Waals surface area contributed by atoms with Crippen molar-refractivity contribution >= 4 is 23.7 Å². The van der Waals surface area contributed by atoms with Gasteiger partial charge < -0.3 is 34.3 Å². The number of carbonyl (C=O) groups excluding carboxylic acids is 4. The number of Topliss-reactive ketones (excluding diaryl/α,β-unsaturated/α-hetero) is 1. The fourth-order valence-electron chi connectivity index (χ4n) is 12.3. The normalized spacial score (nSPS) is 57.0. The minimum absolute atomic E-state index is 0.175. The Morgan fingerprint density at radius 3 is 2.13 bits per heavy atom. The number of aliphatic hydroxyl groups excluding tert-OH is 2. The number of rotatable bonds is 3. The van der Waals surface area contributed by atoms with Gasteiger partial charge in [0.2, 0.25) is 0 Å². The zero-order valence-corrected chi connectivity index (χ0v) is 27.2. The van der Waals surface area contributed by atoms with E-state index in [2.05, 4.69) is 0 Å². The van der Waals surface area contributed by atoms with Crippen molar-refractivity contribution in [3.8, 4) is 0 Å². The van der Waals surface area contributed by atoms with Crippen LogP contribution >= 0.6 is 0 Å². The molecule has 0 spiro atoms. The third-order valence-corrected chi connectivity index (χ3v) is 14.3. The fraction of sp³-hybridized carbons (Fsp3) is 0.824. The lowest BCUT2D eigenvalue weighted by molar-refractivity contribution is -0.263. The van der Waals surface area contributed by atoms with E-state index in [0.29, 0.717) is 18.6 Å². The maximum atomic E-state index is 14.1. The number of fused-ring (bicyclic) bond motifs is 10. The zero-order chi connectivity index (χ0) is 32.9. The van der Waals surface area contributed by atoms with Crippen molar-refractivity contribution in [3.63, 3.8) is 0 Å². The molecule has 0 bridgehead atoms. The van der Waals surface area contributed by atoms with Crippen molar-refractivity contribution in [2.45, 2.75) is 110 Å². The average molecular weight is 631 g/mol. The Hall–Kier alpha value is -2.34. The predicted molar refractivity (Wildman–Crippen MR) is 154 cm³/mol. The lowest BCUT2D eigenvalue weighted by atomic mass is 9.41. The van der Waals surface area contributed by atoms with Crippen molar-refractivity contribution in [2.24, 2.45) is 63.6 Å². The zero-order valence-electron chi connectivity index (χ0n) is 27.2. The molecular formula is C34H46O11. The van der Waals surface area contributed by atoms with Gasteiger partial charge in [-0.15, -0.1) is 0 Å². The third-order valence-electron chi connectivity index (χ3n) is 14.3. The molecule has 9 unspecified atom stereocenters. The Labute approximate surface area is 263 Å². The summed E-state index contributed by atoms with van der Waals surface area (Å²) in [6.45, 7) is 13.4. The van der Waals surface area contributed by atoms with Gasteiger partial charge in [-0.25, -0.2) is 4.79 Å². The first-order valence-corrected chi connectivity index (χ1v) is 16.4. The number of hydrogen-bond acceptors (Lipinski definition) is 11. The van der Waals surface area contributed by atoms with Crippen LogP contribution in [0.4, 0.5) is 0 Å². The van der Waals surface area contributed by atoms with E-state index in [1.807, 2.05) is 26.8 Å². The second-order valence-electron chi connectivity index (χ2n) is 16.0. The van der Waals surface area contributed by atoms with Crippen molar-refractivity contribution in [3.05, 3.63) is 11.8 Å². The number of allylic oxidation sites excluding steroid dienone is 1. The molecule has 0 radical (unpaired) electrons. The van der Waals surface area contributed by atoms with Crippen LogP contribution in [0.2, 0.25) is 0 Å². The highest BCUT2D eigenvalue weighted by Gasteiger charge is 2.81. The first-order chi connectivity index (χ1) is 20.8. The van der Waals surface area contributed by atoms with E-state index < -0.39 is 99.7 Å². The summed E-state index contributed by atoms with van der Waals surface area (Å²) in [5.41, 5.74) is -5.01. The molecule has 45 heavy (non-hydrogen) atoms. The molecule has 7 rings (SSSR count). The molecule has 6 fully saturated rings. The van der Waals surface area contributed by atoms with Crippen molar-refractivity contribution in [1.29, 1.82) is 0 Å². The molecule has 11 nitrogen and oxygen atoms in total. The van der Waals surface area contributed by atoms with Gasteiger partial charge in [0.1, 0.15) is 29.9 Å². The van der Waals surface area contributed by atoms with Crippen LogP contribution < -0.4 is 0 Å². The highest BCUT2D eigenvalue weighted by atomic mass is 16.6. The van der Waals surface area contributed by atoms with Gasteiger partial charge in [0.25, 0.3) is 0 Å². The van der Waals surface area contributed by atoms with Crippen LogP contribution in [-0.4, -0.2) is 81.2 Å². The maximum Gasteiger partial charge on any atom is 0.343 e. The Morgan fingerprint density at radius 1 is 0.889 bits per heavy atom. The van der Waals surface area contributed by atoms with Gasteiger partial charge in [0, 0.05) is 30.6 Å². The second kappa shape index (κ2) is 9.39. The van der Waals surface area contributed by atoms with Crippen LogP contribution in [0.25, 0.3) is 0 Å². The highest BCUT2D eigenvalue weighted by molar-refractivity contribution is 5.87. The van der Waals surface area contributed by atoms with E-state index >= 15 is 0 Å². The molecular weight excluding hydrogens is 584 g/mol. The van der Waals surface area contributed by atoms with E-state index in [1.165, 1.54) is 27.7 Å². The molecule has 11 heteroatoms. The van der Waals surface area contributed by atoms with Gasteiger partial charge in [0.15, 0.2) is 5.60 Å². The molecule has 0 aromatic rings. The summed E-state index contributed by atoms with van der Waals surface area (Å²) in [5.74, 6) is -5.79. The minimum atomic E-state index is -1.94. The van der Waals surface area contributed by atoms with Gasteiger partial charge in [-0.1, -0.05) is 20.8 Å². The summed E-state index contributed by atoms with van der Waals surface area (Å²) < 4.78 is 23.9. The number of epoxide rings is 1. The van der Waals surface area contributed by atoms with Crippen LogP contribution in [0.1, 0.15) is 68.2 Å². The molecule has 2 saturated heterocycles. The third kappa shape index (κ3) is 3.61. The summed E-state index contributed by atoms with van der Waals surface area (Å²) in [4.78, 5) is 52.5. The highest BCUT2D eigenvalue weighted by Crippen LogP contribution is 2.77. The Morgan fingerprint density at radius 2 is 1.53 bits per heavy atom. The van der Waals surface area contributed by atoms with Gasteiger partial charge in [-0.05, 0) is 81.1 Å². The summed E-state index contributed by atoms with van der Waals surface area (Å²) >= 11 is 0. The molecule has 4 saturated carbocycles. The van der Waals surface area contributed by atoms with Gasteiger partial charge in [-0.3, -0.25) is 14.4 Å². The smallest absolute Gasteiger partial charge is 0.343 e. The first kappa shape index (κ1) is 31.3. The molecule has 2 heterocycles. The quantitative estimate of drug-likeness (QED) is 0.237. The molecule has 3 N–H and O–H groups in total. The lowest BCUT2D eigenvalue weighted by Gasteiger charge is -2.65. The van der Waals surface area contributed by atoms with Crippen molar-refractivity contribution in [2.75, 3.05) is 0 Å². The van der Waals surface area contributed by atoms with Crippen LogP contribution in [-0.2, 0) is 38.1 Å². The van der Waals surface area contributed by atoms with Crippen LogP contribution in [0.5, 0.6) is 0 Å². The average Bonchev–Trinajstić information content (AvgIpc) is 3.60. The lowest BCUT2D eigenvalue weighted by Crippen LogP contribution is -2.70. The topological polar surface area (TPSA) is 169 Å². The molecule has 18 atom stereocenters. The summed E-state index contributed by atoms with van der Waals surface area (Å²) in [6.07, 6.45) is -1.75. The molecule has 7 aliphatic rings. The van der Waals surface area contributed by atoms with Crippen molar-refractivity contribution < 1.29 is 53.4 Å². The second-order valence-corrected chi connectivity index (χ2v) is 16.0. The number of ether oxygens (including phenoxy) is 4. The van der Waals surface area contributed by atoms with E-state index in [0.717, 1.165) is 0 Å². The molecule has 0 amide bonds. The molecule has 5 aliphatic carbocycles. The first-order valence-electron chi connectivity index (χ1n) is 16.4. The predicted octanol–water partition coefficient (Wildman–Crippen LogP) is 1.94. The van der Waals surface area contributed by atoms with E-state index in [9.17, 15) is 34.5 Å². The Balaban J connectivity index is 1.46. The summed E-state index contributed by atoms with van der Waals surface area (Å²) in [5, 5.41) is 35.9. The van der Waals surface area contributed by atoms with E-state index in [-0.39, 0.29) is 29.8 Å². The summed E-state index contributed by atoms with van der Waals surface area (Å²) in [6, 6.07) is 0. The van der Waals surface area contributed by atoms with Crippen LogP contribution in [0.15, 0.2) is 11.8 Å². The number of carbonyl (C=O) groups is 4. The monoisotopic (exact) mass is 630 g/mol. The number of ketones is 1. The fourth-order valence-corrected chi connectivity index (χ4v) is 12.3. The SMILES string of the molecule is CC(=O)O[C@H]1CC2C(C(O)[C@@H](O)C3C[C@@H]4O[C@@H]4[C@H](OC(C)=O)[C@]23C)C2C(C(C)=O)C3C(C(C)C=C4OC(=O)[C@@](C)(O)[C@@]43C)[C@]21C. The van der Waals surface area contributed by atoms with Gasteiger partial charge >= 0.3 is 17.9 Å². The minimum Gasteiger partial charge on any atom is -0.462 e. The van der Waals surface area contributed by atoms with E-state index in [1.54, 1.807) is 6.92 Å². The standard InChI is InChI=1S/C34H46O11/c1-12-9-20-33(7,34(8,41)30(40)45-20)25-21(13(2)35)24-22-16(11-19(42-14(3)36)32(24,6)23(12)25)31(5)17(26(38)27(22)39)10-18-28(44-18)29(31)43-15(4)37/h9,12,16-19,21-29,38-39,41H,10-11H2,1-8H3/t12?,16?,17?,18-,19-,21?,22?,23?,24?,25?,26-,27?,28-,29-,31+,32+,33-,34+/m0/s1. The Bertz CT molecular complexity index is 1400. The maximum absolute atomic E-state index is 14.1.